The predicted molar refractivity (Wildman–Crippen MR) is 162 cm³/mol. The van der Waals surface area contributed by atoms with Crippen molar-refractivity contribution in [2.75, 3.05) is 0 Å². The molecule has 216 valence electrons. The first kappa shape index (κ1) is 26.4. The molecule has 0 spiro atoms. The number of amides is 2. The molecule has 9 heteroatoms. The van der Waals surface area contributed by atoms with Crippen LogP contribution in [0, 0.1) is 12.7 Å². The fraction of sp³-hybridized carbons (Fsp3) is 0.171. The van der Waals surface area contributed by atoms with Crippen LogP contribution < -0.4 is 0 Å². The number of pyridine rings is 1. The van der Waals surface area contributed by atoms with Crippen LogP contribution in [-0.2, 0) is 5.54 Å². The number of aliphatic hydroxyl groups is 1. The van der Waals surface area contributed by atoms with E-state index in [-0.39, 0.29) is 30.5 Å². The number of hydrogen-bond donors (Lipinski definition) is 1. The number of aryl methyl sites for hydroxylation is 1. The van der Waals surface area contributed by atoms with Crippen LogP contribution in [0.25, 0.3) is 39.1 Å². The molecule has 8 nitrogen and oxygen atoms in total. The van der Waals surface area contributed by atoms with E-state index in [4.69, 9.17) is 4.98 Å². The summed E-state index contributed by atoms with van der Waals surface area (Å²) in [5.41, 5.74) is 4.29. The van der Waals surface area contributed by atoms with E-state index in [2.05, 4.69) is 10.1 Å². The van der Waals surface area contributed by atoms with Crippen molar-refractivity contribution in [2.24, 2.45) is 0 Å². The average molecular weight is 584 g/mol. The number of carbonyl (C=O) groups is 2. The number of hydrogen-bond acceptors (Lipinski definition) is 6. The molecule has 4 heterocycles. The van der Waals surface area contributed by atoms with Gasteiger partial charge in [0.15, 0.2) is 11.3 Å². The molecule has 2 amide bonds. The molecule has 44 heavy (non-hydrogen) atoms. The maximum atomic E-state index is 14.4. The van der Waals surface area contributed by atoms with Crippen molar-refractivity contribution in [3.63, 3.8) is 0 Å². The second-order valence-electron chi connectivity index (χ2n) is 12.1. The lowest BCUT2D eigenvalue weighted by Crippen LogP contribution is -2.63. The van der Waals surface area contributed by atoms with Gasteiger partial charge in [-0.05, 0) is 55.3 Å². The van der Waals surface area contributed by atoms with E-state index in [9.17, 15) is 19.1 Å². The van der Waals surface area contributed by atoms with Crippen LogP contribution in [0.3, 0.4) is 0 Å². The van der Waals surface area contributed by atoms with Gasteiger partial charge < -0.3 is 5.11 Å². The van der Waals surface area contributed by atoms with Gasteiger partial charge in [-0.25, -0.2) is 14.4 Å². The molecule has 1 aliphatic heterocycles. The smallest absolute Gasteiger partial charge is 0.262 e. The Bertz CT molecular complexity index is 2140. The van der Waals surface area contributed by atoms with Gasteiger partial charge >= 0.3 is 0 Å². The normalized spacial score (nSPS) is 21.2. The van der Waals surface area contributed by atoms with Crippen LogP contribution in [0.4, 0.5) is 4.39 Å². The largest absolute Gasteiger partial charge is 0.390 e. The predicted octanol–water partition coefficient (Wildman–Crippen LogP) is 6.10. The molecule has 1 aliphatic carbocycles. The Morgan fingerprint density at radius 1 is 0.841 bits per heavy atom. The molecule has 0 atom stereocenters. The number of halogens is 1. The zero-order valence-corrected chi connectivity index (χ0v) is 24.0. The Morgan fingerprint density at radius 2 is 1.55 bits per heavy atom. The number of carbonyl (C=O) groups excluding carboxylic acids is 2. The Morgan fingerprint density at radius 3 is 2.20 bits per heavy atom. The van der Waals surface area contributed by atoms with E-state index < -0.39 is 11.1 Å². The Balaban J connectivity index is 1.28. The van der Waals surface area contributed by atoms with Gasteiger partial charge in [-0.2, -0.15) is 9.61 Å². The maximum absolute atomic E-state index is 14.4. The van der Waals surface area contributed by atoms with E-state index in [1.807, 2.05) is 49.4 Å². The Hall–Kier alpha value is -5.28. The minimum absolute atomic E-state index is 0.219. The van der Waals surface area contributed by atoms with Gasteiger partial charge in [0.1, 0.15) is 5.82 Å². The van der Waals surface area contributed by atoms with Crippen molar-refractivity contribution in [1.82, 2.24) is 24.5 Å². The van der Waals surface area contributed by atoms with E-state index in [0.717, 1.165) is 27.8 Å². The second kappa shape index (κ2) is 9.11. The van der Waals surface area contributed by atoms with Gasteiger partial charge in [0.05, 0.1) is 33.7 Å². The summed E-state index contributed by atoms with van der Waals surface area (Å²) in [6.07, 6.45) is 2.18. The van der Waals surface area contributed by atoms with E-state index in [0.29, 0.717) is 33.7 Å². The third-order valence-electron chi connectivity index (χ3n) is 8.78. The fourth-order valence-corrected chi connectivity index (χ4v) is 6.97. The standard InChI is InChI=1S/C35H26FN5O3/c1-20-14-29-37-17-23-16-28(22-6-5-7-25(36)15-22)30(38-31(23)41(29)39-20)21-10-12-24(13-11-21)35(18-34(2,44)19-35)40-32(42)26-8-3-4-9-27(26)33(40)43/h3-17,44H,18-19H2,1-2H3. The van der Waals surface area contributed by atoms with Crippen LogP contribution >= 0.6 is 0 Å². The Labute approximate surface area is 251 Å². The summed E-state index contributed by atoms with van der Waals surface area (Å²) >= 11 is 0. The number of aromatic nitrogens is 4. The second-order valence-corrected chi connectivity index (χ2v) is 12.1. The highest BCUT2D eigenvalue weighted by Crippen LogP contribution is 2.54. The summed E-state index contributed by atoms with van der Waals surface area (Å²) in [5.74, 6) is -1.08. The monoisotopic (exact) mass is 583 g/mol. The molecular weight excluding hydrogens is 557 g/mol. The van der Waals surface area contributed by atoms with Crippen LogP contribution in [0.1, 0.15) is 51.7 Å². The van der Waals surface area contributed by atoms with E-state index >= 15 is 0 Å². The molecule has 0 radical (unpaired) electrons. The molecule has 3 aromatic heterocycles. The average Bonchev–Trinajstić information content (AvgIpc) is 3.51. The molecule has 0 unspecified atom stereocenters. The van der Waals surface area contributed by atoms with Crippen LogP contribution in [0.5, 0.6) is 0 Å². The zero-order chi connectivity index (χ0) is 30.4. The lowest BCUT2D eigenvalue weighted by Gasteiger charge is -2.55. The van der Waals surface area contributed by atoms with Crippen molar-refractivity contribution in [2.45, 2.75) is 37.8 Å². The van der Waals surface area contributed by atoms with Gasteiger partial charge in [0.2, 0.25) is 0 Å². The molecule has 0 bridgehead atoms. The summed E-state index contributed by atoms with van der Waals surface area (Å²) in [4.78, 5) is 38.0. The highest BCUT2D eigenvalue weighted by Gasteiger charge is 2.60. The van der Waals surface area contributed by atoms with E-state index in [1.165, 1.54) is 17.0 Å². The first-order chi connectivity index (χ1) is 21.1. The van der Waals surface area contributed by atoms with Crippen LogP contribution in [0.2, 0.25) is 0 Å². The maximum Gasteiger partial charge on any atom is 0.262 e. The highest BCUT2D eigenvalue weighted by atomic mass is 19.1. The fourth-order valence-electron chi connectivity index (χ4n) is 6.97. The zero-order valence-electron chi connectivity index (χ0n) is 24.0. The molecule has 1 fully saturated rings. The van der Waals surface area contributed by atoms with Crippen molar-refractivity contribution < 1.29 is 19.1 Å². The van der Waals surface area contributed by atoms with Crippen molar-refractivity contribution in [3.8, 4) is 22.4 Å². The van der Waals surface area contributed by atoms with Crippen molar-refractivity contribution in [3.05, 3.63) is 119 Å². The lowest BCUT2D eigenvalue weighted by atomic mass is 9.61. The molecule has 2 aliphatic rings. The quantitative estimate of drug-likeness (QED) is 0.252. The minimum atomic E-state index is -1.03. The summed E-state index contributed by atoms with van der Waals surface area (Å²) in [7, 11) is 0. The van der Waals surface area contributed by atoms with E-state index in [1.54, 1.807) is 48.0 Å². The number of fused-ring (bicyclic) bond motifs is 4. The summed E-state index contributed by atoms with van der Waals surface area (Å²) in [5, 5.41) is 16.2. The molecule has 1 saturated carbocycles. The van der Waals surface area contributed by atoms with Crippen LogP contribution in [0.15, 0.2) is 91.1 Å². The van der Waals surface area contributed by atoms with Crippen molar-refractivity contribution >= 4 is 28.5 Å². The van der Waals surface area contributed by atoms with Gasteiger partial charge in [0, 0.05) is 41.6 Å². The SMILES string of the molecule is Cc1cc2ncc3cc(-c4cccc(F)c4)c(-c4ccc(C5(N6C(=O)c7ccccc7C6=O)CC(C)(O)C5)cc4)nc3n2n1. The first-order valence-electron chi connectivity index (χ1n) is 14.4. The summed E-state index contributed by atoms with van der Waals surface area (Å²) in [6, 6.07) is 24.6. The van der Waals surface area contributed by atoms with Gasteiger partial charge in [-0.15, -0.1) is 0 Å². The molecular formula is C35H26FN5O3. The molecule has 3 aromatic carbocycles. The number of rotatable bonds is 4. The number of benzene rings is 3. The first-order valence-corrected chi connectivity index (χ1v) is 14.4. The van der Waals surface area contributed by atoms with Crippen molar-refractivity contribution in [1.29, 1.82) is 0 Å². The topological polar surface area (TPSA) is 101 Å². The van der Waals surface area contributed by atoms with Gasteiger partial charge in [-0.3, -0.25) is 14.5 Å². The molecule has 1 N–H and O–H groups in total. The Kier molecular flexibility index (Phi) is 5.46. The lowest BCUT2D eigenvalue weighted by molar-refractivity contribution is -0.118. The highest BCUT2D eigenvalue weighted by molar-refractivity contribution is 6.22. The number of imide groups is 1. The minimum Gasteiger partial charge on any atom is -0.390 e. The third kappa shape index (κ3) is 3.82. The van der Waals surface area contributed by atoms with Crippen LogP contribution in [-0.4, -0.2) is 47.0 Å². The molecule has 0 saturated heterocycles. The number of nitrogens with zero attached hydrogens (tertiary/aromatic N) is 5. The molecule has 8 rings (SSSR count). The summed E-state index contributed by atoms with van der Waals surface area (Å²) < 4.78 is 16.1. The van der Waals surface area contributed by atoms with Gasteiger partial charge in [0.25, 0.3) is 11.8 Å². The van der Waals surface area contributed by atoms with Gasteiger partial charge in [-0.1, -0.05) is 48.5 Å². The third-order valence-corrected chi connectivity index (χ3v) is 8.78. The molecule has 6 aromatic rings. The summed E-state index contributed by atoms with van der Waals surface area (Å²) in [6.45, 7) is 3.61.